The first-order valence-electron chi connectivity index (χ1n) is 8.98. The Morgan fingerprint density at radius 1 is 1.04 bits per heavy atom. The van der Waals surface area contributed by atoms with Gasteiger partial charge in [-0.1, -0.05) is 45.0 Å². The van der Waals surface area contributed by atoms with Crippen LogP contribution in [0.15, 0.2) is 47.5 Å². The molecule has 0 bridgehead atoms. The van der Waals surface area contributed by atoms with Gasteiger partial charge in [0.1, 0.15) is 0 Å². The largest absolute Gasteiger partial charge is 0.490 e. The third-order valence-corrected chi connectivity index (χ3v) is 4.27. The van der Waals surface area contributed by atoms with Crippen molar-refractivity contribution in [2.45, 2.75) is 39.2 Å². The molecule has 0 aromatic heterocycles. The van der Waals surface area contributed by atoms with Crippen molar-refractivity contribution < 1.29 is 9.47 Å². The van der Waals surface area contributed by atoms with Crippen molar-refractivity contribution in [1.29, 1.82) is 0 Å². The number of hydrogen-bond acceptors (Lipinski definition) is 3. The van der Waals surface area contributed by atoms with Crippen molar-refractivity contribution in [1.82, 2.24) is 0 Å². The number of ether oxygens (including phenoxy) is 2. The third-order valence-electron chi connectivity index (χ3n) is 4.27. The van der Waals surface area contributed by atoms with Crippen molar-refractivity contribution in [3.8, 4) is 11.5 Å². The van der Waals surface area contributed by atoms with Crippen LogP contribution in [0.2, 0.25) is 0 Å². The standard InChI is InChI=1S/C21H27N3O2.HI/c1-21(2,3)16-7-5-15(6-8-16)14-23-20(22)24-17-9-10-18-19(13-17)26-12-4-11-25-18;/h5-10,13H,4,11-12,14H2,1-3H3,(H3,22,23,24);1H. The normalized spacial score (nSPS) is 14.1. The highest BCUT2D eigenvalue weighted by molar-refractivity contribution is 14.0. The zero-order valence-corrected chi connectivity index (χ0v) is 18.4. The quantitative estimate of drug-likeness (QED) is 0.379. The first kappa shape index (κ1) is 21.3. The summed E-state index contributed by atoms with van der Waals surface area (Å²) < 4.78 is 11.3. The van der Waals surface area contributed by atoms with Gasteiger partial charge in [0.2, 0.25) is 0 Å². The lowest BCUT2D eigenvalue weighted by atomic mass is 9.87. The molecule has 2 aromatic rings. The van der Waals surface area contributed by atoms with E-state index in [1.165, 1.54) is 5.56 Å². The van der Waals surface area contributed by atoms with Crippen LogP contribution in [0.25, 0.3) is 0 Å². The highest BCUT2D eigenvalue weighted by Gasteiger charge is 2.13. The molecule has 6 heteroatoms. The van der Waals surface area contributed by atoms with E-state index in [4.69, 9.17) is 15.2 Å². The zero-order valence-electron chi connectivity index (χ0n) is 16.1. The van der Waals surface area contributed by atoms with Crippen LogP contribution in [0.5, 0.6) is 11.5 Å². The number of rotatable bonds is 3. The molecule has 1 heterocycles. The Morgan fingerprint density at radius 3 is 2.37 bits per heavy atom. The summed E-state index contributed by atoms with van der Waals surface area (Å²) in [5.74, 6) is 1.87. The number of fused-ring (bicyclic) bond motifs is 1. The highest BCUT2D eigenvalue weighted by atomic mass is 127. The van der Waals surface area contributed by atoms with Gasteiger partial charge in [-0.2, -0.15) is 0 Å². The molecule has 1 aliphatic rings. The van der Waals surface area contributed by atoms with Gasteiger partial charge in [0, 0.05) is 18.2 Å². The number of nitrogens with one attached hydrogen (secondary N) is 1. The highest BCUT2D eigenvalue weighted by Crippen LogP contribution is 2.32. The Balaban J connectivity index is 0.00000261. The molecule has 0 spiro atoms. The van der Waals surface area contributed by atoms with Gasteiger partial charge in [-0.25, -0.2) is 4.99 Å². The predicted molar refractivity (Wildman–Crippen MR) is 122 cm³/mol. The van der Waals surface area contributed by atoms with Gasteiger partial charge in [-0.15, -0.1) is 24.0 Å². The third kappa shape index (κ3) is 6.02. The predicted octanol–water partition coefficient (Wildman–Crippen LogP) is 4.69. The van der Waals surface area contributed by atoms with E-state index in [1.807, 2.05) is 18.2 Å². The van der Waals surface area contributed by atoms with Crippen LogP contribution >= 0.6 is 24.0 Å². The monoisotopic (exact) mass is 481 g/mol. The van der Waals surface area contributed by atoms with Gasteiger partial charge < -0.3 is 20.5 Å². The van der Waals surface area contributed by atoms with Crippen molar-refractivity contribution in [2.75, 3.05) is 18.5 Å². The Labute approximate surface area is 178 Å². The Bertz CT molecular complexity index is 783. The Kier molecular flexibility index (Phi) is 7.35. The van der Waals surface area contributed by atoms with Crippen LogP contribution in [0.4, 0.5) is 5.69 Å². The minimum Gasteiger partial charge on any atom is -0.490 e. The van der Waals surface area contributed by atoms with Gasteiger partial charge in [-0.05, 0) is 28.7 Å². The zero-order chi connectivity index (χ0) is 18.6. The molecule has 3 N–H and O–H groups in total. The number of halogens is 1. The molecule has 2 aromatic carbocycles. The average Bonchev–Trinajstić information content (AvgIpc) is 2.84. The maximum atomic E-state index is 6.03. The number of nitrogens with two attached hydrogens (primary N) is 1. The minimum atomic E-state index is 0. The molecular weight excluding hydrogens is 453 g/mol. The topological polar surface area (TPSA) is 68.9 Å². The Morgan fingerprint density at radius 2 is 1.70 bits per heavy atom. The lowest BCUT2D eigenvalue weighted by Crippen LogP contribution is -2.22. The van der Waals surface area contributed by atoms with Gasteiger partial charge in [-0.3, -0.25) is 0 Å². The summed E-state index contributed by atoms with van der Waals surface area (Å²) >= 11 is 0. The number of hydrogen-bond donors (Lipinski definition) is 2. The second-order valence-electron chi connectivity index (χ2n) is 7.49. The minimum absolute atomic E-state index is 0. The average molecular weight is 481 g/mol. The van der Waals surface area contributed by atoms with Crippen LogP contribution < -0.4 is 20.5 Å². The van der Waals surface area contributed by atoms with Gasteiger partial charge >= 0.3 is 0 Å². The molecule has 3 rings (SSSR count). The number of aliphatic imine (C=N–C) groups is 1. The number of guanidine groups is 1. The van der Waals surface area contributed by atoms with E-state index in [-0.39, 0.29) is 29.4 Å². The van der Waals surface area contributed by atoms with Crippen LogP contribution in [0, 0.1) is 0 Å². The molecule has 0 unspecified atom stereocenters. The fourth-order valence-corrected chi connectivity index (χ4v) is 2.72. The molecule has 0 radical (unpaired) electrons. The molecule has 0 saturated carbocycles. The lowest BCUT2D eigenvalue weighted by molar-refractivity contribution is 0.297. The van der Waals surface area contributed by atoms with Crippen molar-refractivity contribution in [3.05, 3.63) is 53.6 Å². The fraction of sp³-hybridized carbons (Fsp3) is 0.381. The molecule has 0 atom stereocenters. The first-order valence-corrected chi connectivity index (χ1v) is 8.98. The lowest BCUT2D eigenvalue weighted by Gasteiger charge is -2.19. The summed E-state index contributed by atoms with van der Waals surface area (Å²) in [7, 11) is 0. The first-order chi connectivity index (χ1) is 12.4. The summed E-state index contributed by atoms with van der Waals surface area (Å²) in [5, 5.41) is 3.11. The SMILES string of the molecule is CC(C)(C)c1ccc(CN=C(N)Nc2ccc3c(c2)OCCCO3)cc1.I. The van der Waals surface area contributed by atoms with E-state index < -0.39 is 0 Å². The van der Waals surface area contributed by atoms with E-state index in [0.29, 0.717) is 25.7 Å². The number of anilines is 1. The molecule has 27 heavy (non-hydrogen) atoms. The fourth-order valence-electron chi connectivity index (χ4n) is 2.72. The number of nitrogens with zero attached hydrogens (tertiary/aromatic N) is 1. The molecule has 0 fully saturated rings. The van der Waals surface area contributed by atoms with Crippen LogP contribution in [-0.4, -0.2) is 19.2 Å². The van der Waals surface area contributed by atoms with E-state index in [2.05, 4.69) is 55.3 Å². The van der Waals surface area contributed by atoms with E-state index >= 15 is 0 Å². The number of benzene rings is 2. The van der Waals surface area contributed by atoms with Gasteiger partial charge in [0.05, 0.1) is 19.8 Å². The van der Waals surface area contributed by atoms with Gasteiger partial charge in [0.25, 0.3) is 0 Å². The van der Waals surface area contributed by atoms with E-state index in [0.717, 1.165) is 29.2 Å². The Hall–Kier alpha value is -1.96. The van der Waals surface area contributed by atoms with Gasteiger partial charge in [0.15, 0.2) is 17.5 Å². The van der Waals surface area contributed by atoms with Crippen molar-refractivity contribution in [2.24, 2.45) is 10.7 Å². The molecule has 0 amide bonds. The smallest absolute Gasteiger partial charge is 0.193 e. The van der Waals surface area contributed by atoms with Crippen molar-refractivity contribution in [3.63, 3.8) is 0 Å². The van der Waals surface area contributed by atoms with Crippen LogP contribution in [0.3, 0.4) is 0 Å². The van der Waals surface area contributed by atoms with Crippen molar-refractivity contribution >= 4 is 35.6 Å². The molecule has 0 aliphatic carbocycles. The molecular formula is C21H28IN3O2. The van der Waals surface area contributed by atoms with Crippen LogP contribution in [-0.2, 0) is 12.0 Å². The van der Waals surface area contributed by atoms with E-state index in [9.17, 15) is 0 Å². The summed E-state index contributed by atoms with van der Waals surface area (Å²) in [4.78, 5) is 4.42. The van der Waals surface area contributed by atoms with E-state index in [1.54, 1.807) is 0 Å². The summed E-state index contributed by atoms with van der Waals surface area (Å²) in [6.07, 6.45) is 0.884. The summed E-state index contributed by atoms with van der Waals surface area (Å²) in [5.41, 5.74) is 9.45. The molecule has 0 saturated heterocycles. The molecule has 1 aliphatic heterocycles. The maximum Gasteiger partial charge on any atom is 0.193 e. The second kappa shape index (κ2) is 9.30. The molecule has 5 nitrogen and oxygen atoms in total. The maximum absolute atomic E-state index is 6.03. The summed E-state index contributed by atoms with van der Waals surface area (Å²) in [6, 6.07) is 14.2. The van der Waals surface area contributed by atoms with Crippen LogP contribution in [0.1, 0.15) is 38.3 Å². The summed E-state index contributed by atoms with van der Waals surface area (Å²) in [6.45, 7) is 8.49. The second-order valence-corrected chi connectivity index (χ2v) is 7.49. The molecule has 146 valence electrons.